The van der Waals surface area contributed by atoms with Crippen LogP contribution in [-0.4, -0.2) is 34.5 Å². The highest BCUT2D eigenvalue weighted by Crippen LogP contribution is 2.25. The number of carbonyl (C=O) groups is 2. The topological polar surface area (TPSA) is 90.2 Å². The highest BCUT2D eigenvalue weighted by atomic mass is 32.2. The van der Waals surface area contributed by atoms with Gasteiger partial charge < -0.3 is 10.4 Å². The molecule has 0 aromatic rings. The van der Waals surface area contributed by atoms with Gasteiger partial charge in [0.25, 0.3) is 0 Å². The van der Waals surface area contributed by atoms with Gasteiger partial charge in [0.1, 0.15) is 0 Å². The zero-order valence-corrected chi connectivity index (χ0v) is 9.63. The highest BCUT2D eigenvalue weighted by Gasteiger charge is 2.33. The molecule has 16 heavy (non-hydrogen) atoms. The predicted molar refractivity (Wildman–Crippen MR) is 59.8 cm³/mol. The molecule has 1 fully saturated rings. The summed E-state index contributed by atoms with van der Waals surface area (Å²) in [5.74, 6) is -0.979. The van der Waals surface area contributed by atoms with E-state index in [1.54, 1.807) is 0 Å². The molecule has 2 N–H and O–H groups in total. The lowest BCUT2D eigenvalue weighted by atomic mass is 10.0. The van der Waals surface area contributed by atoms with Gasteiger partial charge in [-0.2, -0.15) is 5.26 Å². The minimum absolute atomic E-state index is 0.182. The Hall–Kier alpha value is -1.22. The molecule has 5 nitrogen and oxygen atoms in total. The molecule has 2 atom stereocenters. The second-order valence-electron chi connectivity index (χ2n) is 3.70. The molecule has 1 aliphatic carbocycles. The molecule has 0 saturated heterocycles. The van der Waals surface area contributed by atoms with Gasteiger partial charge in [-0.15, -0.1) is 11.8 Å². The summed E-state index contributed by atoms with van der Waals surface area (Å²) in [6.07, 6.45) is 2.20. The van der Waals surface area contributed by atoms with Crippen molar-refractivity contribution in [3.63, 3.8) is 0 Å². The van der Waals surface area contributed by atoms with Crippen molar-refractivity contribution in [1.29, 1.82) is 5.26 Å². The third-order valence-electron chi connectivity index (χ3n) is 2.58. The van der Waals surface area contributed by atoms with Gasteiger partial charge in [0.2, 0.25) is 5.91 Å². The minimum atomic E-state index is -0.840. The molecule has 6 heteroatoms. The first-order chi connectivity index (χ1) is 7.65. The number of carboxylic acids is 1. The van der Waals surface area contributed by atoms with E-state index in [2.05, 4.69) is 5.32 Å². The number of amides is 1. The normalized spacial score (nSPS) is 23.7. The molecule has 1 amide bonds. The maximum Gasteiger partial charge on any atom is 0.308 e. The van der Waals surface area contributed by atoms with E-state index >= 15 is 0 Å². The van der Waals surface area contributed by atoms with Crippen LogP contribution in [0.3, 0.4) is 0 Å². The van der Waals surface area contributed by atoms with E-state index in [1.807, 2.05) is 6.07 Å². The number of aliphatic carboxylic acids is 1. The summed E-state index contributed by atoms with van der Waals surface area (Å²) in [6.45, 7) is 0. The molecule has 0 aromatic carbocycles. The maximum atomic E-state index is 11.4. The van der Waals surface area contributed by atoms with Crippen molar-refractivity contribution < 1.29 is 14.7 Å². The summed E-state index contributed by atoms with van der Waals surface area (Å²) >= 11 is 1.23. The predicted octanol–water partition coefficient (Wildman–Crippen LogP) is 0.613. The van der Waals surface area contributed by atoms with E-state index in [9.17, 15) is 9.59 Å². The van der Waals surface area contributed by atoms with E-state index < -0.39 is 11.9 Å². The van der Waals surface area contributed by atoms with Gasteiger partial charge in [-0.05, 0) is 12.8 Å². The Balaban J connectivity index is 2.33. The molecule has 2 unspecified atom stereocenters. The second-order valence-corrected chi connectivity index (χ2v) is 4.69. The molecule has 0 heterocycles. The number of hydrogen-bond acceptors (Lipinski definition) is 4. The van der Waals surface area contributed by atoms with Crippen LogP contribution >= 0.6 is 11.8 Å². The number of thioether (sulfide) groups is 1. The summed E-state index contributed by atoms with van der Waals surface area (Å²) in [6, 6.07) is 1.69. The Bertz CT molecular complexity index is 314. The monoisotopic (exact) mass is 242 g/mol. The molecule has 0 aromatic heterocycles. The number of carbonyl (C=O) groups excluding carboxylic acids is 1. The van der Waals surface area contributed by atoms with Crippen LogP contribution in [0.4, 0.5) is 0 Å². The van der Waals surface area contributed by atoms with E-state index in [0.717, 1.165) is 12.8 Å². The first kappa shape index (κ1) is 12.8. The SMILES string of the molecule is N#CCSCC(=O)NC1CCCC1C(=O)O. The molecule has 88 valence electrons. The van der Waals surface area contributed by atoms with Crippen molar-refractivity contribution >= 4 is 23.6 Å². The van der Waals surface area contributed by atoms with Crippen LogP contribution in [0.25, 0.3) is 0 Å². The lowest BCUT2D eigenvalue weighted by molar-refractivity contribution is -0.142. The largest absolute Gasteiger partial charge is 0.481 e. The smallest absolute Gasteiger partial charge is 0.308 e. The highest BCUT2D eigenvalue weighted by molar-refractivity contribution is 8.00. The Labute approximate surface area is 98.2 Å². The maximum absolute atomic E-state index is 11.4. The number of carboxylic acid groups (broad SMARTS) is 1. The Morgan fingerprint density at radius 1 is 1.50 bits per heavy atom. The Kier molecular flexibility index (Phi) is 5.12. The van der Waals surface area contributed by atoms with Crippen LogP contribution < -0.4 is 5.32 Å². The van der Waals surface area contributed by atoms with E-state index in [4.69, 9.17) is 10.4 Å². The van der Waals surface area contributed by atoms with Gasteiger partial charge in [-0.1, -0.05) is 6.42 Å². The van der Waals surface area contributed by atoms with Gasteiger partial charge in [0, 0.05) is 6.04 Å². The first-order valence-corrected chi connectivity index (χ1v) is 6.27. The number of nitrogens with zero attached hydrogens (tertiary/aromatic N) is 1. The lowest BCUT2D eigenvalue weighted by Crippen LogP contribution is -2.41. The summed E-state index contributed by atoms with van der Waals surface area (Å²) in [5.41, 5.74) is 0. The molecule has 0 spiro atoms. The van der Waals surface area contributed by atoms with Gasteiger partial charge in [-0.3, -0.25) is 9.59 Å². The standard InChI is InChI=1S/C10H14N2O3S/c11-4-5-16-6-9(13)12-8-3-1-2-7(8)10(14)15/h7-8H,1-3,5-6H2,(H,12,13)(H,14,15). The summed E-state index contributed by atoms with van der Waals surface area (Å²) < 4.78 is 0. The van der Waals surface area contributed by atoms with Crippen LogP contribution in [0.15, 0.2) is 0 Å². The number of rotatable bonds is 5. The third-order valence-corrected chi connectivity index (χ3v) is 3.38. The second kappa shape index (κ2) is 6.38. The van der Waals surface area contributed by atoms with Crippen LogP contribution in [0.2, 0.25) is 0 Å². The Morgan fingerprint density at radius 3 is 2.88 bits per heavy atom. The molecule has 1 aliphatic rings. The van der Waals surface area contributed by atoms with Crippen LogP contribution in [0, 0.1) is 17.2 Å². The fourth-order valence-corrected chi connectivity index (χ4v) is 2.33. The van der Waals surface area contributed by atoms with E-state index in [1.165, 1.54) is 11.8 Å². The average Bonchev–Trinajstić information content (AvgIpc) is 2.66. The number of nitriles is 1. The quantitative estimate of drug-likeness (QED) is 0.689. The average molecular weight is 242 g/mol. The minimum Gasteiger partial charge on any atom is -0.481 e. The fourth-order valence-electron chi connectivity index (χ4n) is 1.87. The van der Waals surface area contributed by atoms with Crippen molar-refractivity contribution in [3.8, 4) is 6.07 Å². The molecular weight excluding hydrogens is 228 g/mol. The molecule has 0 aliphatic heterocycles. The summed E-state index contributed by atoms with van der Waals surface area (Å²) in [5, 5.41) is 19.9. The summed E-state index contributed by atoms with van der Waals surface area (Å²) in [4.78, 5) is 22.3. The van der Waals surface area contributed by atoms with Gasteiger partial charge >= 0.3 is 5.97 Å². The third kappa shape index (κ3) is 3.74. The van der Waals surface area contributed by atoms with E-state index in [-0.39, 0.29) is 23.5 Å². The van der Waals surface area contributed by atoms with Crippen LogP contribution in [-0.2, 0) is 9.59 Å². The molecule has 1 saturated carbocycles. The molecule has 0 radical (unpaired) electrons. The van der Waals surface area contributed by atoms with Gasteiger partial charge in [0.05, 0.1) is 23.5 Å². The van der Waals surface area contributed by atoms with Crippen molar-refractivity contribution in [1.82, 2.24) is 5.32 Å². The van der Waals surface area contributed by atoms with E-state index in [0.29, 0.717) is 6.42 Å². The Morgan fingerprint density at radius 2 is 2.25 bits per heavy atom. The lowest BCUT2D eigenvalue weighted by Gasteiger charge is -2.17. The van der Waals surface area contributed by atoms with Gasteiger partial charge in [-0.25, -0.2) is 0 Å². The number of nitrogens with one attached hydrogen (secondary N) is 1. The van der Waals surface area contributed by atoms with Crippen molar-refractivity contribution in [2.45, 2.75) is 25.3 Å². The van der Waals surface area contributed by atoms with Crippen molar-refractivity contribution in [2.75, 3.05) is 11.5 Å². The van der Waals surface area contributed by atoms with Crippen LogP contribution in [0.1, 0.15) is 19.3 Å². The fraction of sp³-hybridized carbons (Fsp3) is 0.700. The first-order valence-electron chi connectivity index (χ1n) is 5.12. The van der Waals surface area contributed by atoms with Crippen molar-refractivity contribution in [3.05, 3.63) is 0 Å². The molecule has 1 rings (SSSR count). The zero-order valence-electron chi connectivity index (χ0n) is 8.81. The van der Waals surface area contributed by atoms with Crippen molar-refractivity contribution in [2.24, 2.45) is 5.92 Å². The number of hydrogen-bond donors (Lipinski definition) is 2. The molecular formula is C10H14N2O3S. The zero-order chi connectivity index (χ0) is 12.0. The van der Waals surface area contributed by atoms with Gasteiger partial charge in [0.15, 0.2) is 0 Å². The van der Waals surface area contributed by atoms with Crippen LogP contribution in [0.5, 0.6) is 0 Å². The molecule has 0 bridgehead atoms. The summed E-state index contributed by atoms with van der Waals surface area (Å²) in [7, 11) is 0.